The summed E-state index contributed by atoms with van der Waals surface area (Å²) in [5.41, 5.74) is 3.07. The van der Waals surface area contributed by atoms with Crippen LogP contribution < -0.4 is 0 Å². The van der Waals surface area contributed by atoms with Gasteiger partial charge in [-0.05, 0) is 59.1 Å². The van der Waals surface area contributed by atoms with Crippen LogP contribution in [0.1, 0.15) is 0 Å². The summed E-state index contributed by atoms with van der Waals surface area (Å²) < 4.78 is 3.90. The largest absolute Gasteiger partial charge is 0.329 e. The van der Waals surface area contributed by atoms with Gasteiger partial charge in [0, 0.05) is 15.5 Å². The fourth-order valence-corrected chi connectivity index (χ4v) is 2.67. The van der Waals surface area contributed by atoms with E-state index in [1.54, 1.807) is 12.4 Å². The van der Waals surface area contributed by atoms with E-state index >= 15 is 0 Å². The second-order valence-corrected chi connectivity index (χ2v) is 5.27. The normalized spacial score (nSPS) is 10.9. The lowest BCUT2D eigenvalue weighted by Gasteiger charge is -2.04. The molecule has 0 saturated carbocycles. The lowest BCUT2D eigenvalue weighted by molar-refractivity contribution is 1.06. The van der Waals surface area contributed by atoms with Gasteiger partial charge in [-0.25, -0.2) is 0 Å². The zero-order valence-electron chi connectivity index (χ0n) is 8.72. The molecule has 1 N–H and O–H groups in total. The van der Waals surface area contributed by atoms with Gasteiger partial charge in [0.05, 0.1) is 17.2 Å². The van der Waals surface area contributed by atoms with Crippen molar-refractivity contribution in [2.24, 2.45) is 0 Å². The molecule has 0 aliphatic carbocycles. The van der Waals surface area contributed by atoms with E-state index in [-0.39, 0.29) is 0 Å². The summed E-state index contributed by atoms with van der Waals surface area (Å²) >= 11 is 7.65. The molecule has 1 aromatic carbocycles. The Kier molecular flexibility index (Phi) is 2.71. The first kappa shape index (κ1) is 10.9. The molecule has 0 unspecified atom stereocenters. The standard InChI is InChI=1S/C12H8IN3S/c13-8-2-1-3-9(6-8)16-11-4-5-14-7-10(11)15-12(16)17/h1-7H,(H,15,17). The summed E-state index contributed by atoms with van der Waals surface area (Å²) in [6, 6.07) is 10.2. The highest BCUT2D eigenvalue weighted by molar-refractivity contribution is 14.1. The predicted octanol–water partition coefficient (Wildman–Crippen LogP) is 3.69. The monoisotopic (exact) mass is 353 g/mol. The number of H-pyrrole nitrogens is 1. The van der Waals surface area contributed by atoms with E-state index in [4.69, 9.17) is 12.2 Å². The number of pyridine rings is 1. The SMILES string of the molecule is S=c1[nH]c2cnccc2n1-c1cccc(I)c1. The van der Waals surface area contributed by atoms with E-state index in [1.807, 2.05) is 22.8 Å². The highest BCUT2D eigenvalue weighted by Crippen LogP contribution is 2.19. The number of halogens is 1. The number of nitrogens with zero attached hydrogens (tertiary/aromatic N) is 2. The number of fused-ring (bicyclic) bond motifs is 1. The Morgan fingerprint density at radius 1 is 1.29 bits per heavy atom. The molecule has 5 heteroatoms. The minimum Gasteiger partial charge on any atom is -0.329 e. The zero-order chi connectivity index (χ0) is 11.8. The first-order valence-electron chi connectivity index (χ1n) is 5.06. The molecule has 0 spiro atoms. The van der Waals surface area contributed by atoms with E-state index in [0.717, 1.165) is 16.7 Å². The Labute approximate surface area is 117 Å². The topological polar surface area (TPSA) is 33.6 Å². The summed E-state index contributed by atoms with van der Waals surface area (Å²) in [4.78, 5) is 7.24. The van der Waals surface area contributed by atoms with Crippen molar-refractivity contribution in [1.29, 1.82) is 0 Å². The van der Waals surface area contributed by atoms with Crippen LogP contribution in [0.2, 0.25) is 0 Å². The van der Waals surface area contributed by atoms with Crippen LogP contribution in [-0.4, -0.2) is 14.5 Å². The molecule has 3 rings (SSSR count). The average Bonchev–Trinajstić information content (AvgIpc) is 2.64. The Morgan fingerprint density at radius 3 is 3.00 bits per heavy atom. The fraction of sp³-hybridized carbons (Fsp3) is 0. The number of nitrogens with one attached hydrogen (secondary N) is 1. The van der Waals surface area contributed by atoms with Gasteiger partial charge in [-0.15, -0.1) is 0 Å². The van der Waals surface area contributed by atoms with Gasteiger partial charge in [-0.3, -0.25) is 9.55 Å². The number of aromatic amines is 1. The van der Waals surface area contributed by atoms with Crippen molar-refractivity contribution in [2.45, 2.75) is 0 Å². The summed E-state index contributed by atoms with van der Waals surface area (Å²) in [6.45, 7) is 0. The van der Waals surface area contributed by atoms with Gasteiger partial charge >= 0.3 is 0 Å². The molecule has 17 heavy (non-hydrogen) atoms. The van der Waals surface area contributed by atoms with Crippen molar-refractivity contribution in [3.8, 4) is 5.69 Å². The molecule has 3 nitrogen and oxygen atoms in total. The minimum atomic E-state index is 0.690. The third-order valence-corrected chi connectivity index (χ3v) is 3.51. The van der Waals surface area contributed by atoms with Crippen LogP contribution in [0.3, 0.4) is 0 Å². The molecular weight excluding hydrogens is 345 g/mol. The van der Waals surface area contributed by atoms with Crippen LogP contribution in [0.15, 0.2) is 42.7 Å². The maximum Gasteiger partial charge on any atom is 0.182 e. The lowest BCUT2D eigenvalue weighted by atomic mass is 10.3. The molecule has 0 bridgehead atoms. The van der Waals surface area contributed by atoms with Crippen LogP contribution in [0.5, 0.6) is 0 Å². The Morgan fingerprint density at radius 2 is 2.18 bits per heavy atom. The van der Waals surface area contributed by atoms with E-state index < -0.39 is 0 Å². The van der Waals surface area contributed by atoms with E-state index in [0.29, 0.717) is 4.77 Å². The van der Waals surface area contributed by atoms with E-state index in [1.165, 1.54) is 3.57 Å². The molecule has 0 fully saturated rings. The summed E-state index contributed by atoms with van der Waals surface area (Å²) in [5.74, 6) is 0. The molecule has 0 saturated heterocycles. The lowest BCUT2D eigenvalue weighted by Crippen LogP contribution is -1.94. The van der Waals surface area contributed by atoms with Crippen molar-refractivity contribution in [3.05, 3.63) is 51.1 Å². The van der Waals surface area contributed by atoms with Gasteiger partial charge in [0.25, 0.3) is 0 Å². The summed E-state index contributed by atoms with van der Waals surface area (Å²) in [7, 11) is 0. The van der Waals surface area contributed by atoms with Crippen LogP contribution >= 0.6 is 34.8 Å². The van der Waals surface area contributed by atoms with Crippen molar-refractivity contribution < 1.29 is 0 Å². The quantitative estimate of drug-likeness (QED) is 0.535. The second kappa shape index (κ2) is 4.23. The molecule has 0 aliphatic rings. The fourth-order valence-electron chi connectivity index (χ4n) is 1.83. The molecule has 3 aromatic rings. The van der Waals surface area contributed by atoms with E-state index in [9.17, 15) is 0 Å². The smallest absolute Gasteiger partial charge is 0.182 e. The van der Waals surface area contributed by atoms with Gasteiger partial charge in [-0.2, -0.15) is 0 Å². The number of hydrogen-bond donors (Lipinski definition) is 1. The van der Waals surface area contributed by atoms with Crippen molar-refractivity contribution >= 4 is 45.8 Å². The molecule has 2 heterocycles. The highest BCUT2D eigenvalue weighted by Gasteiger charge is 2.05. The average molecular weight is 353 g/mol. The maximum absolute atomic E-state index is 5.36. The van der Waals surface area contributed by atoms with Crippen LogP contribution in [0.4, 0.5) is 0 Å². The van der Waals surface area contributed by atoms with Crippen molar-refractivity contribution in [3.63, 3.8) is 0 Å². The third kappa shape index (κ3) is 1.89. The van der Waals surface area contributed by atoms with Crippen LogP contribution in [-0.2, 0) is 0 Å². The minimum absolute atomic E-state index is 0.690. The molecule has 0 aliphatic heterocycles. The van der Waals surface area contributed by atoms with Gasteiger partial charge in [0.2, 0.25) is 0 Å². The van der Waals surface area contributed by atoms with Crippen molar-refractivity contribution in [1.82, 2.24) is 14.5 Å². The molecule has 0 amide bonds. The predicted molar refractivity (Wildman–Crippen MR) is 79.0 cm³/mol. The number of hydrogen-bond acceptors (Lipinski definition) is 2. The number of imidazole rings is 1. The zero-order valence-corrected chi connectivity index (χ0v) is 11.7. The second-order valence-electron chi connectivity index (χ2n) is 3.64. The summed E-state index contributed by atoms with van der Waals surface area (Å²) in [5, 5.41) is 0. The van der Waals surface area contributed by atoms with Crippen molar-refractivity contribution in [2.75, 3.05) is 0 Å². The number of benzene rings is 1. The van der Waals surface area contributed by atoms with Crippen LogP contribution in [0, 0.1) is 8.34 Å². The van der Waals surface area contributed by atoms with Crippen LogP contribution in [0.25, 0.3) is 16.7 Å². The molecular formula is C12H8IN3S. The highest BCUT2D eigenvalue weighted by atomic mass is 127. The van der Waals surface area contributed by atoms with Gasteiger partial charge < -0.3 is 4.98 Å². The Hall–Kier alpha value is -1.21. The first-order chi connectivity index (χ1) is 8.25. The molecule has 2 aromatic heterocycles. The molecule has 0 atom stereocenters. The molecule has 84 valence electrons. The van der Waals surface area contributed by atoms with E-state index in [2.05, 4.69) is 44.7 Å². The number of rotatable bonds is 1. The summed E-state index contributed by atoms with van der Waals surface area (Å²) in [6.07, 6.45) is 3.56. The molecule has 0 radical (unpaired) electrons. The van der Waals surface area contributed by atoms with Gasteiger partial charge in [-0.1, -0.05) is 6.07 Å². The Balaban J connectivity index is 2.37. The Bertz CT molecular complexity index is 745. The number of aromatic nitrogens is 3. The van der Waals surface area contributed by atoms with Gasteiger partial charge in [0.1, 0.15) is 0 Å². The maximum atomic E-state index is 5.36. The van der Waals surface area contributed by atoms with Gasteiger partial charge in [0.15, 0.2) is 4.77 Å². The first-order valence-corrected chi connectivity index (χ1v) is 6.55. The third-order valence-electron chi connectivity index (χ3n) is 2.55.